The summed E-state index contributed by atoms with van der Waals surface area (Å²) in [6.45, 7) is 5.61. The van der Waals surface area contributed by atoms with Crippen molar-refractivity contribution in [3.8, 4) is 0 Å². The number of benzene rings is 1. The van der Waals surface area contributed by atoms with Crippen molar-refractivity contribution in [1.29, 1.82) is 0 Å². The van der Waals surface area contributed by atoms with Crippen LogP contribution >= 0.6 is 11.8 Å². The number of carbonyl (C=O) groups excluding carboxylic acids is 2. The molecule has 1 saturated carbocycles. The number of nitrogens with zero attached hydrogens (tertiary/aromatic N) is 2. The smallest absolute Gasteiger partial charge is 0.257 e. The predicted octanol–water partition coefficient (Wildman–Crippen LogP) is 2.51. The minimum atomic E-state index is -0.000443. The maximum atomic E-state index is 12.9. The Bertz CT molecular complexity index is 768. The van der Waals surface area contributed by atoms with Crippen LogP contribution in [0.2, 0.25) is 0 Å². The molecule has 6 heteroatoms. The Kier molecular flexibility index (Phi) is 5.78. The second-order valence-corrected chi connectivity index (χ2v) is 9.58. The fraction of sp³-hybridized carbons (Fsp3) is 0.545. The van der Waals surface area contributed by atoms with E-state index in [4.69, 9.17) is 0 Å². The zero-order valence-electron chi connectivity index (χ0n) is 16.7. The van der Waals surface area contributed by atoms with Crippen molar-refractivity contribution in [2.45, 2.75) is 37.5 Å². The quantitative estimate of drug-likeness (QED) is 0.777. The van der Waals surface area contributed by atoms with Crippen molar-refractivity contribution in [2.24, 2.45) is 5.92 Å². The number of fused-ring (bicyclic) bond motifs is 1. The van der Waals surface area contributed by atoms with E-state index >= 15 is 0 Å². The van der Waals surface area contributed by atoms with Crippen LogP contribution in [-0.4, -0.2) is 66.1 Å². The van der Waals surface area contributed by atoms with Crippen LogP contribution in [0.25, 0.3) is 6.08 Å². The molecule has 1 aromatic rings. The van der Waals surface area contributed by atoms with E-state index in [0.29, 0.717) is 5.25 Å². The lowest BCUT2D eigenvalue weighted by Crippen LogP contribution is -2.54. The number of likely N-dealkylation sites (N-methyl/N-ethyl adjacent to an activating group) is 1. The standard InChI is InChI=1S/C22H29N3O2S/c1-15-3-5-16(6-4-15)13-20-21(26)23-18-14-17(7-8-19(18)28-20)22(27)25-11-9-24(2)10-12-25/h3-6,13,17-19H,7-12,14H2,1-2H3,(H,23,26)/b20-13+. The maximum Gasteiger partial charge on any atom is 0.257 e. The molecule has 2 heterocycles. The molecule has 150 valence electrons. The number of thioether (sulfide) groups is 1. The zero-order chi connectivity index (χ0) is 19.7. The van der Waals surface area contributed by atoms with Gasteiger partial charge in [0.25, 0.3) is 5.91 Å². The normalized spacial score (nSPS) is 30.1. The van der Waals surface area contributed by atoms with Crippen LogP contribution in [0.4, 0.5) is 0 Å². The lowest BCUT2D eigenvalue weighted by atomic mass is 9.84. The molecule has 4 rings (SSSR count). The summed E-state index contributed by atoms with van der Waals surface area (Å²) in [5.41, 5.74) is 2.27. The number of nitrogens with one attached hydrogen (secondary N) is 1. The van der Waals surface area contributed by atoms with Crippen molar-refractivity contribution in [3.05, 3.63) is 40.3 Å². The van der Waals surface area contributed by atoms with Gasteiger partial charge in [-0.1, -0.05) is 29.8 Å². The van der Waals surface area contributed by atoms with Crippen LogP contribution in [0.1, 0.15) is 30.4 Å². The van der Waals surface area contributed by atoms with Gasteiger partial charge in [-0.2, -0.15) is 0 Å². The van der Waals surface area contributed by atoms with Gasteiger partial charge in [0, 0.05) is 43.4 Å². The Morgan fingerprint density at radius 2 is 1.86 bits per heavy atom. The maximum absolute atomic E-state index is 12.9. The molecule has 3 atom stereocenters. The topological polar surface area (TPSA) is 52.7 Å². The number of aryl methyl sites for hydroxylation is 1. The number of piperazine rings is 1. The van der Waals surface area contributed by atoms with E-state index in [2.05, 4.69) is 36.3 Å². The number of hydrogen-bond donors (Lipinski definition) is 1. The molecular formula is C22H29N3O2S. The second kappa shape index (κ2) is 8.29. The van der Waals surface area contributed by atoms with E-state index in [0.717, 1.165) is 55.9 Å². The average molecular weight is 400 g/mol. The van der Waals surface area contributed by atoms with Gasteiger partial charge in [0.15, 0.2) is 0 Å². The third kappa shape index (κ3) is 4.28. The van der Waals surface area contributed by atoms with E-state index in [1.54, 1.807) is 11.8 Å². The monoisotopic (exact) mass is 399 g/mol. The molecule has 1 N–H and O–H groups in total. The second-order valence-electron chi connectivity index (χ2n) is 8.29. The Labute approximate surface area is 171 Å². The van der Waals surface area contributed by atoms with Gasteiger partial charge >= 0.3 is 0 Å². The van der Waals surface area contributed by atoms with E-state index in [1.807, 2.05) is 23.1 Å². The highest BCUT2D eigenvalue weighted by molar-refractivity contribution is 8.04. The lowest BCUT2D eigenvalue weighted by Gasteiger charge is -2.41. The molecule has 2 aliphatic heterocycles. The van der Waals surface area contributed by atoms with Crippen molar-refractivity contribution in [1.82, 2.24) is 15.1 Å². The Hall–Kier alpha value is -1.79. The first-order chi connectivity index (χ1) is 13.5. The van der Waals surface area contributed by atoms with Gasteiger partial charge in [-0.3, -0.25) is 9.59 Å². The fourth-order valence-electron chi connectivity index (χ4n) is 4.31. The number of amides is 2. The highest BCUT2D eigenvalue weighted by Gasteiger charge is 2.40. The van der Waals surface area contributed by atoms with E-state index in [-0.39, 0.29) is 23.8 Å². The summed E-state index contributed by atoms with van der Waals surface area (Å²) in [6.07, 6.45) is 4.65. The first kappa shape index (κ1) is 19.5. The van der Waals surface area contributed by atoms with Gasteiger partial charge in [-0.05, 0) is 44.9 Å². The molecule has 5 nitrogen and oxygen atoms in total. The zero-order valence-corrected chi connectivity index (χ0v) is 17.5. The number of hydrogen-bond acceptors (Lipinski definition) is 4. The van der Waals surface area contributed by atoms with Gasteiger partial charge in [0.2, 0.25) is 5.91 Å². The minimum absolute atomic E-state index is 0.000443. The third-order valence-corrected chi connectivity index (χ3v) is 7.57. The predicted molar refractivity (Wildman–Crippen MR) is 114 cm³/mol. The molecule has 0 bridgehead atoms. The Morgan fingerprint density at radius 1 is 1.14 bits per heavy atom. The van der Waals surface area contributed by atoms with E-state index in [1.165, 1.54) is 5.56 Å². The van der Waals surface area contributed by atoms with Crippen LogP contribution in [-0.2, 0) is 9.59 Å². The fourth-order valence-corrected chi connectivity index (χ4v) is 5.61. The molecule has 2 saturated heterocycles. The van der Waals surface area contributed by atoms with Crippen LogP contribution < -0.4 is 5.32 Å². The van der Waals surface area contributed by atoms with Crippen molar-refractivity contribution >= 4 is 29.7 Å². The molecule has 0 aromatic heterocycles. The summed E-state index contributed by atoms with van der Waals surface area (Å²) < 4.78 is 0. The SMILES string of the molecule is Cc1ccc(/C=C2/SC3CCC(C(=O)N4CCN(C)CC4)CC3NC2=O)cc1. The molecule has 0 radical (unpaired) electrons. The molecule has 1 aromatic carbocycles. The van der Waals surface area contributed by atoms with Gasteiger partial charge in [0.1, 0.15) is 0 Å². The summed E-state index contributed by atoms with van der Waals surface area (Å²) in [5.74, 6) is 0.333. The largest absolute Gasteiger partial charge is 0.348 e. The summed E-state index contributed by atoms with van der Waals surface area (Å²) in [7, 11) is 2.10. The van der Waals surface area contributed by atoms with Crippen LogP contribution in [0.5, 0.6) is 0 Å². The Balaban J connectivity index is 1.38. The average Bonchev–Trinajstić information content (AvgIpc) is 2.70. The summed E-state index contributed by atoms with van der Waals surface area (Å²) in [5, 5.41) is 3.55. The van der Waals surface area contributed by atoms with Crippen LogP contribution in [0.3, 0.4) is 0 Å². The molecule has 3 fully saturated rings. The van der Waals surface area contributed by atoms with Crippen molar-refractivity contribution in [2.75, 3.05) is 33.2 Å². The van der Waals surface area contributed by atoms with Gasteiger partial charge in [-0.25, -0.2) is 0 Å². The van der Waals surface area contributed by atoms with Gasteiger partial charge in [0.05, 0.1) is 4.91 Å². The van der Waals surface area contributed by atoms with Crippen LogP contribution in [0.15, 0.2) is 29.2 Å². The first-order valence-electron chi connectivity index (χ1n) is 10.2. The highest BCUT2D eigenvalue weighted by Crippen LogP contribution is 2.40. The van der Waals surface area contributed by atoms with Crippen LogP contribution in [0, 0.1) is 12.8 Å². The molecule has 3 aliphatic rings. The molecular weight excluding hydrogens is 370 g/mol. The van der Waals surface area contributed by atoms with E-state index in [9.17, 15) is 9.59 Å². The molecule has 3 unspecified atom stereocenters. The Morgan fingerprint density at radius 3 is 2.57 bits per heavy atom. The summed E-state index contributed by atoms with van der Waals surface area (Å²) in [4.78, 5) is 30.6. The third-order valence-electron chi connectivity index (χ3n) is 6.14. The molecule has 1 aliphatic carbocycles. The first-order valence-corrected chi connectivity index (χ1v) is 11.1. The molecule has 0 spiro atoms. The van der Waals surface area contributed by atoms with Crippen molar-refractivity contribution in [3.63, 3.8) is 0 Å². The molecule has 28 heavy (non-hydrogen) atoms. The number of carbonyl (C=O) groups is 2. The van der Waals surface area contributed by atoms with E-state index < -0.39 is 0 Å². The number of rotatable bonds is 2. The summed E-state index contributed by atoms with van der Waals surface area (Å²) >= 11 is 1.69. The highest BCUT2D eigenvalue weighted by atomic mass is 32.2. The van der Waals surface area contributed by atoms with Gasteiger partial charge in [-0.15, -0.1) is 11.8 Å². The van der Waals surface area contributed by atoms with Gasteiger partial charge < -0.3 is 15.1 Å². The summed E-state index contributed by atoms with van der Waals surface area (Å²) in [6, 6.07) is 8.33. The van der Waals surface area contributed by atoms with Crippen molar-refractivity contribution < 1.29 is 9.59 Å². The lowest BCUT2D eigenvalue weighted by molar-refractivity contribution is -0.138. The molecule has 2 amide bonds. The minimum Gasteiger partial charge on any atom is -0.348 e.